The summed E-state index contributed by atoms with van der Waals surface area (Å²) in [5.74, 6) is 0.747. The Bertz CT molecular complexity index is 1400. The Balaban J connectivity index is 1.44. The Morgan fingerprint density at radius 2 is 1.59 bits per heavy atom. The summed E-state index contributed by atoms with van der Waals surface area (Å²) in [6, 6.07) is 25.6. The number of carbonyl (C=O) groups excluding carboxylic acids is 1. The molecule has 0 spiro atoms. The molecule has 4 nitrogen and oxygen atoms in total. The normalized spacial score (nSPS) is 11.3. The predicted molar refractivity (Wildman–Crippen MR) is 130 cm³/mol. The molecular weight excluding hydrogens is 416 g/mol. The lowest BCUT2D eigenvalue weighted by Crippen LogP contribution is -1.95. The van der Waals surface area contributed by atoms with Gasteiger partial charge in [0.15, 0.2) is 10.7 Å². The van der Waals surface area contributed by atoms with Gasteiger partial charge in [-0.15, -0.1) is 11.3 Å². The molecule has 0 atom stereocenters. The molecule has 0 aliphatic rings. The van der Waals surface area contributed by atoms with Crippen LogP contribution in [-0.2, 0) is 0 Å². The molecule has 0 N–H and O–H groups in total. The summed E-state index contributed by atoms with van der Waals surface area (Å²) in [4.78, 5) is 18.5. The molecule has 2 heterocycles. The number of hydrogen-bond acceptors (Lipinski definition) is 4. The average Bonchev–Trinajstić information content (AvgIpc) is 3.45. The quantitative estimate of drug-likeness (QED) is 0.221. The van der Waals surface area contributed by atoms with E-state index < -0.39 is 0 Å². The first-order valence-electron chi connectivity index (χ1n) is 10.2. The predicted octanol–water partition coefficient (Wildman–Crippen LogP) is 6.63. The van der Waals surface area contributed by atoms with Gasteiger partial charge in [0.25, 0.3) is 0 Å². The van der Waals surface area contributed by atoms with Crippen molar-refractivity contribution in [3.63, 3.8) is 0 Å². The second-order valence-electron chi connectivity index (χ2n) is 7.27. The summed E-state index contributed by atoms with van der Waals surface area (Å²) in [7, 11) is 1.65. The van der Waals surface area contributed by atoms with Gasteiger partial charge in [-0.2, -0.15) is 0 Å². The summed E-state index contributed by atoms with van der Waals surface area (Å²) >= 11 is 1.56. The molecule has 0 bridgehead atoms. The van der Waals surface area contributed by atoms with Crippen LogP contribution in [0.5, 0.6) is 5.75 Å². The van der Waals surface area contributed by atoms with E-state index in [4.69, 9.17) is 9.72 Å². The van der Waals surface area contributed by atoms with Crippen LogP contribution < -0.4 is 4.74 Å². The molecule has 5 aromatic rings. The van der Waals surface area contributed by atoms with Crippen LogP contribution in [0.1, 0.15) is 16.1 Å². The van der Waals surface area contributed by atoms with E-state index in [2.05, 4.69) is 12.1 Å². The zero-order valence-electron chi connectivity index (χ0n) is 17.4. The smallest absolute Gasteiger partial charge is 0.194 e. The topological polar surface area (TPSA) is 43.6 Å². The SMILES string of the molecule is COc1ccc(-c2nc3sccn3c2/C=C/C(=O)c2ccc(-c3ccccc3)cc2)cc1. The van der Waals surface area contributed by atoms with E-state index in [1.54, 1.807) is 24.5 Å². The number of imidazole rings is 1. The molecule has 156 valence electrons. The van der Waals surface area contributed by atoms with E-state index in [0.717, 1.165) is 38.8 Å². The number of benzene rings is 3. The van der Waals surface area contributed by atoms with Crippen molar-refractivity contribution in [3.8, 4) is 28.1 Å². The van der Waals surface area contributed by atoms with Crippen molar-refractivity contribution in [2.75, 3.05) is 7.11 Å². The van der Waals surface area contributed by atoms with Crippen molar-refractivity contribution in [1.29, 1.82) is 0 Å². The number of thiazole rings is 1. The van der Waals surface area contributed by atoms with Crippen molar-refractivity contribution < 1.29 is 9.53 Å². The molecular formula is C27H20N2O2S. The fraction of sp³-hybridized carbons (Fsp3) is 0.0370. The Hall–Kier alpha value is -3.96. The van der Waals surface area contributed by atoms with Crippen LogP contribution in [0, 0.1) is 0 Å². The van der Waals surface area contributed by atoms with E-state index in [-0.39, 0.29) is 5.78 Å². The maximum Gasteiger partial charge on any atom is 0.194 e. The molecule has 32 heavy (non-hydrogen) atoms. The van der Waals surface area contributed by atoms with Crippen LogP contribution in [0.4, 0.5) is 0 Å². The van der Waals surface area contributed by atoms with E-state index in [9.17, 15) is 4.79 Å². The van der Waals surface area contributed by atoms with Gasteiger partial charge >= 0.3 is 0 Å². The highest BCUT2D eigenvalue weighted by Gasteiger charge is 2.14. The molecule has 0 radical (unpaired) electrons. The van der Waals surface area contributed by atoms with Crippen molar-refractivity contribution >= 4 is 28.2 Å². The van der Waals surface area contributed by atoms with Gasteiger partial charge in [-0.25, -0.2) is 4.98 Å². The first-order valence-corrected chi connectivity index (χ1v) is 11.1. The third kappa shape index (κ3) is 3.86. The van der Waals surface area contributed by atoms with Crippen LogP contribution in [0.3, 0.4) is 0 Å². The number of ketones is 1. The summed E-state index contributed by atoms with van der Waals surface area (Å²) in [6.07, 6.45) is 5.43. The molecule has 2 aromatic heterocycles. The highest BCUT2D eigenvalue weighted by molar-refractivity contribution is 7.15. The second-order valence-corrected chi connectivity index (χ2v) is 8.14. The molecule has 0 fully saturated rings. The monoisotopic (exact) mass is 436 g/mol. The number of aromatic nitrogens is 2. The molecule has 5 rings (SSSR count). The van der Waals surface area contributed by atoms with Crippen LogP contribution in [-0.4, -0.2) is 22.3 Å². The second kappa shape index (κ2) is 8.65. The molecule has 0 aliphatic heterocycles. The van der Waals surface area contributed by atoms with Gasteiger partial charge < -0.3 is 4.74 Å². The van der Waals surface area contributed by atoms with Gasteiger partial charge in [0.2, 0.25) is 0 Å². The Morgan fingerprint density at radius 1 is 0.906 bits per heavy atom. The minimum absolute atomic E-state index is 0.0459. The molecule has 5 heteroatoms. The lowest BCUT2D eigenvalue weighted by Gasteiger charge is -2.04. The van der Waals surface area contributed by atoms with Crippen molar-refractivity contribution in [1.82, 2.24) is 9.38 Å². The molecule has 0 unspecified atom stereocenters. The number of nitrogens with zero attached hydrogens (tertiary/aromatic N) is 2. The van der Waals surface area contributed by atoms with Crippen LogP contribution in [0.2, 0.25) is 0 Å². The van der Waals surface area contributed by atoms with Crippen molar-refractivity contribution in [2.45, 2.75) is 0 Å². The van der Waals surface area contributed by atoms with Gasteiger partial charge in [0.05, 0.1) is 18.5 Å². The minimum atomic E-state index is -0.0459. The Morgan fingerprint density at radius 3 is 2.31 bits per heavy atom. The highest BCUT2D eigenvalue weighted by atomic mass is 32.1. The zero-order chi connectivity index (χ0) is 21.9. The molecule has 3 aromatic carbocycles. The first kappa shape index (κ1) is 20.0. The van der Waals surface area contributed by atoms with E-state index in [1.807, 2.05) is 88.8 Å². The summed E-state index contributed by atoms with van der Waals surface area (Å²) in [6.45, 7) is 0. The van der Waals surface area contributed by atoms with Gasteiger partial charge in [-0.1, -0.05) is 54.6 Å². The average molecular weight is 437 g/mol. The number of methoxy groups -OCH3 is 1. The minimum Gasteiger partial charge on any atom is -0.497 e. The molecule has 0 aliphatic carbocycles. The number of allylic oxidation sites excluding steroid dienone is 1. The third-order valence-electron chi connectivity index (χ3n) is 5.33. The molecule has 0 saturated heterocycles. The van der Waals surface area contributed by atoms with Crippen molar-refractivity contribution in [2.24, 2.45) is 0 Å². The fourth-order valence-electron chi connectivity index (χ4n) is 3.63. The lowest BCUT2D eigenvalue weighted by atomic mass is 10.0. The van der Waals surface area contributed by atoms with Crippen LogP contribution in [0.15, 0.2) is 96.5 Å². The standard InChI is InChI=1S/C27H20N2O2S/c1-31-23-13-11-22(12-14-23)26-24(29-17-18-32-27(29)28-26)15-16-25(30)21-9-7-20(8-10-21)19-5-3-2-4-6-19/h2-18H,1H3/b16-15+. The number of carbonyl (C=O) groups is 1. The first-order chi connectivity index (χ1) is 15.7. The maximum atomic E-state index is 12.9. The van der Waals surface area contributed by atoms with Gasteiger partial charge in [-0.05, 0) is 47.5 Å². The summed E-state index contributed by atoms with van der Waals surface area (Å²) < 4.78 is 7.27. The van der Waals surface area contributed by atoms with E-state index in [0.29, 0.717) is 5.56 Å². The van der Waals surface area contributed by atoms with Crippen molar-refractivity contribution in [3.05, 3.63) is 108 Å². The van der Waals surface area contributed by atoms with Gasteiger partial charge in [0, 0.05) is 22.7 Å². The van der Waals surface area contributed by atoms with Gasteiger partial charge in [-0.3, -0.25) is 9.20 Å². The fourth-order valence-corrected chi connectivity index (χ4v) is 4.35. The molecule has 0 amide bonds. The summed E-state index contributed by atoms with van der Waals surface area (Å²) in [5, 5.41) is 1.99. The maximum absolute atomic E-state index is 12.9. The molecule has 0 saturated carbocycles. The highest BCUT2D eigenvalue weighted by Crippen LogP contribution is 2.29. The van der Waals surface area contributed by atoms with E-state index in [1.165, 1.54) is 0 Å². The van der Waals surface area contributed by atoms with Crippen LogP contribution in [0.25, 0.3) is 33.4 Å². The number of hydrogen-bond donors (Lipinski definition) is 0. The lowest BCUT2D eigenvalue weighted by molar-refractivity contribution is 0.104. The third-order valence-corrected chi connectivity index (χ3v) is 6.09. The van der Waals surface area contributed by atoms with Gasteiger partial charge in [0.1, 0.15) is 5.75 Å². The zero-order valence-corrected chi connectivity index (χ0v) is 18.3. The summed E-state index contributed by atoms with van der Waals surface area (Å²) in [5.41, 5.74) is 5.55. The number of rotatable bonds is 6. The number of ether oxygens (including phenoxy) is 1. The number of fused-ring (bicyclic) bond motifs is 1. The van der Waals surface area contributed by atoms with E-state index >= 15 is 0 Å². The largest absolute Gasteiger partial charge is 0.497 e. The van der Waals surface area contributed by atoms with Crippen LogP contribution >= 0.6 is 11.3 Å². The Kier molecular flexibility index (Phi) is 5.40. The Labute approximate surface area is 190 Å².